The van der Waals surface area contributed by atoms with Crippen LogP contribution < -0.4 is 10.2 Å². The number of ether oxygens (including phenoxy) is 1. The van der Waals surface area contributed by atoms with E-state index in [0.29, 0.717) is 10.3 Å². The topological polar surface area (TPSA) is 153 Å². The van der Waals surface area contributed by atoms with Crippen LogP contribution in [0.1, 0.15) is 5.56 Å². The standard InChI is InChI=1S/C14H13N3O8/c18-11-5-6-12(19)16(11)25-13(20)7-15-14(21)24-8-9-1-3-10(4-2-9)17(22)23/h1-6,18-19H,7-8H2,(H,15,21). The summed E-state index contributed by atoms with van der Waals surface area (Å²) in [4.78, 5) is 37.5. The average molecular weight is 351 g/mol. The molecule has 2 aromatic rings. The van der Waals surface area contributed by atoms with Crippen molar-refractivity contribution in [2.45, 2.75) is 6.61 Å². The van der Waals surface area contributed by atoms with Gasteiger partial charge in [-0.25, -0.2) is 9.59 Å². The van der Waals surface area contributed by atoms with Crippen LogP contribution in [0.25, 0.3) is 0 Å². The number of hydrogen-bond acceptors (Lipinski definition) is 8. The number of nitro groups is 1. The van der Waals surface area contributed by atoms with E-state index in [1.807, 2.05) is 0 Å². The maximum Gasteiger partial charge on any atom is 0.407 e. The van der Waals surface area contributed by atoms with Gasteiger partial charge in [0.1, 0.15) is 13.2 Å². The predicted molar refractivity (Wildman–Crippen MR) is 80.6 cm³/mol. The first kappa shape index (κ1) is 17.6. The van der Waals surface area contributed by atoms with E-state index in [1.54, 1.807) is 0 Å². The Morgan fingerprint density at radius 2 is 1.72 bits per heavy atom. The smallest absolute Gasteiger partial charge is 0.407 e. The van der Waals surface area contributed by atoms with Gasteiger partial charge in [-0.2, -0.15) is 0 Å². The average Bonchev–Trinajstić information content (AvgIpc) is 2.90. The lowest BCUT2D eigenvalue weighted by Crippen LogP contribution is -2.34. The maximum atomic E-state index is 11.5. The molecule has 0 spiro atoms. The minimum atomic E-state index is -0.964. The molecular weight excluding hydrogens is 338 g/mol. The zero-order chi connectivity index (χ0) is 18.4. The molecule has 3 N–H and O–H groups in total. The van der Waals surface area contributed by atoms with Crippen LogP contribution in [0.2, 0.25) is 0 Å². The van der Waals surface area contributed by atoms with Crippen LogP contribution in [0, 0.1) is 10.1 Å². The molecule has 1 aromatic heterocycles. The van der Waals surface area contributed by atoms with Gasteiger partial charge in [-0.3, -0.25) is 10.1 Å². The summed E-state index contributed by atoms with van der Waals surface area (Å²) in [6, 6.07) is 7.60. The highest BCUT2D eigenvalue weighted by atomic mass is 16.7. The van der Waals surface area contributed by atoms with Crippen molar-refractivity contribution in [2.75, 3.05) is 6.54 Å². The molecule has 1 amide bonds. The van der Waals surface area contributed by atoms with Crippen molar-refractivity contribution in [3.63, 3.8) is 0 Å². The highest BCUT2D eigenvalue weighted by molar-refractivity contribution is 5.78. The van der Waals surface area contributed by atoms with Crippen LogP contribution in [0.4, 0.5) is 10.5 Å². The van der Waals surface area contributed by atoms with E-state index < -0.39 is 35.3 Å². The Kier molecular flexibility index (Phi) is 5.40. The molecule has 0 radical (unpaired) electrons. The number of alkyl carbamates (subject to hydrolysis) is 1. The molecular formula is C14H13N3O8. The first-order valence-corrected chi connectivity index (χ1v) is 6.81. The molecule has 0 aliphatic rings. The Bertz CT molecular complexity index is 764. The Morgan fingerprint density at radius 1 is 1.12 bits per heavy atom. The zero-order valence-corrected chi connectivity index (χ0v) is 12.6. The molecule has 0 atom stereocenters. The molecule has 0 aliphatic carbocycles. The van der Waals surface area contributed by atoms with E-state index in [2.05, 4.69) is 10.2 Å². The largest absolute Gasteiger partial charge is 0.492 e. The number of carbonyl (C=O) groups is 2. The first-order valence-electron chi connectivity index (χ1n) is 6.81. The zero-order valence-electron chi connectivity index (χ0n) is 12.6. The van der Waals surface area contributed by atoms with Crippen LogP contribution in [0.15, 0.2) is 36.4 Å². The molecule has 0 bridgehead atoms. The predicted octanol–water partition coefficient (Wildman–Crippen LogP) is 0.689. The number of amides is 1. The minimum Gasteiger partial charge on any atom is -0.492 e. The van der Waals surface area contributed by atoms with Gasteiger partial charge in [0.2, 0.25) is 11.8 Å². The molecule has 11 heteroatoms. The molecule has 0 saturated carbocycles. The Labute approximate surface area is 140 Å². The van der Waals surface area contributed by atoms with Crippen molar-refractivity contribution in [1.82, 2.24) is 10.0 Å². The lowest BCUT2D eigenvalue weighted by Gasteiger charge is -2.08. The molecule has 132 valence electrons. The normalized spacial score (nSPS) is 10.1. The Hall–Kier alpha value is -3.76. The molecule has 1 aromatic carbocycles. The molecule has 2 rings (SSSR count). The van der Waals surface area contributed by atoms with Crippen molar-refractivity contribution in [3.8, 4) is 11.8 Å². The SMILES string of the molecule is O=C(CNC(=O)OCc1ccc([N+](=O)[O-])cc1)On1c(O)ccc1O. The fourth-order valence-electron chi connectivity index (χ4n) is 1.69. The molecule has 11 nitrogen and oxygen atoms in total. The summed E-state index contributed by atoms with van der Waals surface area (Å²) < 4.78 is 5.31. The van der Waals surface area contributed by atoms with E-state index >= 15 is 0 Å². The Morgan fingerprint density at radius 3 is 2.28 bits per heavy atom. The second-order valence-electron chi connectivity index (χ2n) is 4.66. The number of aromatic nitrogens is 1. The summed E-state index contributed by atoms with van der Waals surface area (Å²) in [7, 11) is 0. The summed E-state index contributed by atoms with van der Waals surface area (Å²) >= 11 is 0. The lowest BCUT2D eigenvalue weighted by atomic mass is 10.2. The molecule has 0 fully saturated rings. The molecule has 1 heterocycles. The van der Waals surface area contributed by atoms with E-state index in [4.69, 9.17) is 4.74 Å². The quantitative estimate of drug-likeness (QED) is 0.507. The number of nitrogens with zero attached hydrogens (tertiary/aromatic N) is 2. The van der Waals surface area contributed by atoms with Crippen LogP contribution in [0.3, 0.4) is 0 Å². The van der Waals surface area contributed by atoms with Crippen molar-refractivity contribution in [1.29, 1.82) is 0 Å². The van der Waals surface area contributed by atoms with Crippen molar-refractivity contribution in [3.05, 3.63) is 52.1 Å². The maximum absolute atomic E-state index is 11.5. The lowest BCUT2D eigenvalue weighted by molar-refractivity contribution is -0.384. The third kappa shape index (κ3) is 4.86. The number of nitrogens with one attached hydrogen (secondary N) is 1. The van der Waals surface area contributed by atoms with Gasteiger partial charge in [-0.15, -0.1) is 4.73 Å². The highest BCUT2D eigenvalue weighted by Gasteiger charge is 2.13. The van der Waals surface area contributed by atoms with Gasteiger partial charge in [-0.05, 0) is 17.7 Å². The first-order chi connectivity index (χ1) is 11.9. The van der Waals surface area contributed by atoms with E-state index in [-0.39, 0.29) is 12.3 Å². The molecule has 0 saturated heterocycles. The summed E-state index contributed by atoms with van der Waals surface area (Å²) in [5, 5.41) is 31.2. The minimum absolute atomic E-state index is 0.0903. The molecule has 0 aliphatic heterocycles. The van der Waals surface area contributed by atoms with Gasteiger partial charge >= 0.3 is 12.1 Å². The van der Waals surface area contributed by atoms with E-state index in [0.717, 1.165) is 12.1 Å². The monoisotopic (exact) mass is 351 g/mol. The number of benzene rings is 1. The second-order valence-corrected chi connectivity index (χ2v) is 4.66. The number of carbonyl (C=O) groups excluding carboxylic acids is 2. The molecule has 0 unspecified atom stereocenters. The third-order valence-corrected chi connectivity index (χ3v) is 2.88. The number of rotatable bonds is 6. The van der Waals surface area contributed by atoms with Crippen LogP contribution in [-0.2, 0) is 16.1 Å². The van der Waals surface area contributed by atoms with Crippen LogP contribution in [0.5, 0.6) is 11.8 Å². The van der Waals surface area contributed by atoms with Gasteiger partial charge in [0, 0.05) is 24.3 Å². The number of nitro benzene ring substituents is 1. The van der Waals surface area contributed by atoms with E-state index in [1.165, 1.54) is 24.3 Å². The van der Waals surface area contributed by atoms with Crippen LogP contribution in [-0.4, -0.2) is 38.5 Å². The number of non-ortho nitro benzene ring substituents is 1. The van der Waals surface area contributed by atoms with Gasteiger partial charge in [0.15, 0.2) is 0 Å². The summed E-state index contributed by atoms with van der Waals surface area (Å²) in [5.74, 6) is -1.95. The van der Waals surface area contributed by atoms with Gasteiger partial charge < -0.3 is 25.1 Å². The fourth-order valence-corrected chi connectivity index (χ4v) is 1.69. The summed E-state index contributed by atoms with van der Waals surface area (Å²) in [6.45, 7) is -0.728. The van der Waals surface area contributed by atoms with Gasteiger partial charge in [0.25, 0.3) is 5.69 Å². The third-order valence-electron chi connectivity index (χ3n) is 2.88. The Balaban J connectivity index is 1.75. The highest BCUT2D eigenvalue weighted by Crippen LogP contribution is 2.18. The van der Waals surface area contributed by atoms with Gasteiger partial charge in [-0.1, -0.05) is 0 Å². The fraction of sp³-hybridized carbons (Fsp3) is 0.143. The number of hydrogen-bond donors (Lipinski definition) is 3. The van der Waals surface area contributed by atoms with Crippen LogP contribution >= 0.6 is 0 Å². The molecule has 25 heavy (non-hydrogen) atoms. The van der Waals surface area contributed by atoms with Crippen molar-refractivity contribution >= 4 is 17.7 Å². The summed E-state index contributed by atoms with van der Waals surface area (Å²) in [6.07, 6.45) is -0.920. The van der Waals surface area contributed by atoms with Crippen molar-refractivity contribution < 1.29 is 34.3 Å². The number of aromatic hydroxyl groups is 2. The van der Waals surface area contributed by atoms with Crippen molar-refractivity contribution in [2.24, 2.45) is 0 Å². The second kappa shape index (κ2) is 7.68. The summed E-state index contributed by atoms with van der Waals surface area (Å²) in [5.41, 5.74) is 0.429. The van der Waals surface area contributed by atoms with Gasteiger partial charge in [0.05, 0.1) is 4.92 Å². The van der Waals surface area contributed by atoms with E-state index in [9.17, 15) is 29.9 Å².